The number of rotatable bonds is 7. The van der Waals surface area contributed by atoms with Crippen LogP contribution in [-0.4, -0.2) is 46.3 Å². The van der Waals surface area contributed by atoms with Gasteiger partial charge in [-0.15, -0.1) is 0 Å². The fourth-order valence-electron chi connectivity index (χ4n) is 3.17. The molecule has 3 aromatic rings. The average molecular weight is 509 g/mol. The summed E-state index contributed by atoms with van der Waals surface area (Å²) in [5.74, 6) is -1.82. The van der Waals surface area contributed by atoms with Gasteiger partial charge in [-0.1, -0.05) is 0 Å². The molecule has 0 unspecified atom stereocenters. The molecule has 0 bridgehead atoms. The molecular formula is C22H15N5O8S. The van der Waals surface area contributed by atoms with Gasteiger partial charge >= 0.3 is 11.9 Å². The molecule has 0 atom stereocenters. The van der Waals surface area contributed by atoms with E-state index in [-0.39, 0.29) is 38.9 Å². The van der Waals surface area contributed by atoms with Crippen molar-refractivity contribution in [2.75, 3.05) is 10.4 Å². The van der Waals surface area contributed by atoms with Gasteiger partial charge in [0.1, 0.15) is 5.71 Å². The first-order valence-electron chi connectivity index (χ1n) is 9.97. The van der Waals surface area contributed by atoms with Gasteiger partial charge in [-0.25, -0.2) is 4.79 Å². The number of carboxylic acid groups (broad SMARTS) is 1. The number of carbonyl (C=O) groups excluding carboxylic acids is 1. The van der Waals surface area contributed by atoms with Crippen molar-refractivity contribution >= 4 is 50.5 Å². The summed E-state index contributed by atoms with van der Waals surface area (Å²) < 4.78 is 31.5. The van der Waals surface area contributed by atoms with Gasteiger partial charge < -0.3 is 5.11 Å². The Balaban J connectivity index is 1.71. The highest BCUT2D eigenvalue weighted by molar-refractivity contribution is 7.85. The molecule has 182 valence electrons. The standard InChI is InChI=1S/C22H15N5O8S/c28-21-20(24-23-15-5-11-18(12-6-15)36(33,34)35)19(13-1-9-17(10-2-13)27(31)32)25-26(21)16-7-3-14(4-8-16)22(29)30/h1-12,23H,(H,29,30)(H,33,34,35)/b24-20-. The van der Waals surface area contributed by atoms with Crippen LogP contribution in [-0.2, 0) is 14.9 Å². The van der Waals surface area contributed by atoms with E-state index >= 15 is 0 Å². The Morgan fingerprint density at radius 1 is 1.00 bits per heavy atom. The van der Waals surface area contributed by atoms with Crippen molar-refractivity contribution in [2.45, 2.75) is 4.90 Å². The molecule has 1 heterocycles. The molecule has 3 aromatic carbocycles. The zero-order valence-electron chi connectivity index (χ0n) is 18.0. The summed E-state index contributed by atoms with van der Waals surface area (Å²) in [4.78, 5) is 34.4. The molecule has 0 saturated heterocycles. The highest BCUT2D eigenvalue weighted by Crippen LogP contribution is 2.24. The molecule has 1 aliphatic rings. The second-order valence-electron chi connectivity index (χ2n) is 7.29. The number of nitrogens with zero attached hydrogens (tertiary/aromatic N) is 4. The number of carbonyl (C=O) groups is 2. The fourth-order valence-corrected chi connectivity index (χ4v) is 3.65. The minimum Gasteiger partial charge on any atom is -0.478 e. The molecule has 0 radical (unpaired) electrons. The molecule has 3 N–H and O–H groups in total. The Morgan fingerprint density at radius 2 is 1.61 bits per heavy atom. The van der Waals surface area contributed by atoms with Gasteiger partial charge in [0.15, 0.2) is 5.71 Å². The lowest BCUT2D eigenvalue weighted by atomic mass is 10.1. The third kappa shape index (κ3) is 4.94. The maximum atomic E-state index is 13.2. The fraction of sp³-hybridized carbons (Fsp3) is 0. The Hall–Kier alpha value is -4.95. The van der Waals surface area contributed by atoms with E-state index in [1.54, 1.807) is 0 Å². The third-order valence-corrected chi connectivity index (χ3v) is 5.85. The second kappa shape index (κ2) is 9.36. The molecule has 1 aliphatic heterocycles. The number of nitro benzene ring substituents is 1. The van der Waals surface area contributed by atoms with Crippen LogP contribution in [0.25, 0.3) is 0 Å². The van der Waals surface area contributed by atoms with E-state index in [2.05, 4.69) is 15.6 Å². The Kier molecular flexibility index (Phi) is 6.29. The SMILES string of the molecule is O=C(O)c1ccc(N2N=C(c3ccc([N+](=O)[O-])cc3)/C(=N/Nc3ccc(S(=O)(=O)O)cc3)C2=O)cc1. The molecule has 36 heavy (non-hydrogen) atoms. The summed E-state index contributed by atoms with van der Waals surface area (Å²) in [6.07, 6.45) is 0. The summed E-state index contributed by atoms with van der Waals surface area (Å²) in [7, 11) is -4.39. The molecule has 0 fully saturated rings. The van der Waals surface area contributed by atoms with Crippen molar-refractivity contribution < 1.29 is 32.6 Å². The van der Waals surface area contributed by atoms with Gasteiger partial charge in [-0.05, 0) is 60.7 Å². The highest BCUT2D eigenvalue weighted by atomic mass is 32.2. The van der Waals surface area contributed by atoms with E-state index in [4.69, 9.17) is 9.66 Å². The maximum Gasteiger partial charge on any atom is 0.335 e. The van der Waals surface area contributed by atoms with Crippen molar-refractivity contribution in [2.24, 2.45) is 10.2 Å². The quantitative estimate of drug-likeness (QED) is 0.244. The Morgan fingerprint density at radius 3 is 2.14 bits per heavy atom. The molecule has 0 saturated carbocycles. The summed E-state index contributed by atoms with van der Waals surface area (Å²) >= 11 is 0. The normalized spacial score (nSPS) is 14.6. The number of nitrogens with one attached hydrogen (secondary N) is 1. The Labute approximate surface area is 202 Å². The van der Waals surface area contributed by atoms with Crippen LogP contribution in [0.4, 0.5) is 17.1 Å². The maximum absolute atomic E-state index is 13.2. The van der Waals surface area contributed by atoms with E-state index in [0.717, 1.165) is 17.1 Å². The first-order chi connectivity index (χ1) is 17.0. The van der Waals surface area contributed by atoms with Crippen molar-refractivity contribution in [3.05, 3.63) is 94.0 Å². The smallest absolute Gasteiger partial charge is 0.335 e. The van der Waals surface area contributed by atoms with Gasteiger partial charge in [0.2, 0.25) is 0 Å². The van der Waals surface area contributed by atoms with Crippen LogP contribution in [0.2, 0.25) is 0 Å². The zero-order valence-corrected chi connectivity index (χ0v) is 18.8. The minimum atomic E-state index is -4.39. The molecule has 0 aliphatic carbocycles. The molecule has 4 rings (SSSR count). The van der Waals surface area contributed by atoms with Crippen molar-refractivity contribution in [1.82, 2.24) is 0 Å². The van der Waals surface area contributed by atoms with Crippen LogP contribution in [0.1, 0.15) is 15.9 Å². The topological polar surface area (TPSA) is 192 Å². The summed E-state index contributed by atoms with van der Waals surface area (Å²) in [5.41, 5.74) is 3.27. The number of anilines is 2. The summed E-state index contributed by atoms with van der Waals surface area (Å²) in [6, 6.07) is 15.6. The first kappa shape index (κ1) is 24.2. The lowest BCUT2D eigenvalue weighted by Gasteiger charge is -2.11. The number of amides is 1. The number of aromatic carboxylic acids is 1. The number of hydrazone groups is 2. The van der Waals surface area contributed by atoms with Crippen LogP contribution in [0, 0.1) is 10.1 Å². The van der Waals surface area contributed by atoms with E-state index in [9.17, 15) is 28.1 Å². The first-order valence-corrected chi connectivity index (χ1v) is 11.4. The van der Waals surface area contributed by atoms with Gasteiger partial charge in [0.05, 0.1) is 26.8 Å². The van der Waals surface area contributed by atoms with Crippen LogP contribution in [0.3, 0.4) is 0 Å². The molecule has 0 spiro atoms. The number of hydrogen-bond donors (Lipinski definition) is 3. The van der Waals surface area contributed by atoms with Crippen LogP contribution in [0.5, 0.6) is 0 Å². The second-order valence-corrected chi connectivity index (χ2v) is 8.71. The van der Waals surface area contributed by atoms with Gasteiger partial charge in [-0.2, -0.15) is 23.6 Å². The largest absolute Gasteiger partial charge is 0.478 e. The van der Waals surface area contributed by atoms with Crippen LogP contribution >= 0.6 is 0 Å². The van der Waals surface area contributed by atoms with Crippen molar-refractivity contribution in [1.29, 1.82) is 0 Å². The van der Waals surface area contributed by atoms with Crippen LogP contribution < -0.4 is 10.4 Å². The molecular weight excluding hydrogens is 494 g/mol. The van der Waals surface area contributed by atoms with E-state index in [1.807, 2.05) is 0 Å². The third-order valence-electron chi connectivity index (χ3n) is 4.98. The highest BCUT2D eigenvalue weighted by Gasteiger charge is 2.34. The molecule has 0 aromatic heterocycles. The van der Waals surface area contributed by atoms with Gasteiger partial charge in [0, 0.05) is 17.7 Å². The Bertz CT molecular complexity index is 1530. The summed E-state index contributed by atoms with van der Waals surface area (Å²) in [6.45, 7) is 0. The van der Waals surface area contributed by atoms with Crippen molar-refractivity contribution in [3.63, 3.8) is 0 Å². The zero-order chi connectivity index (χ0) is 26.0. The summed E-state index contributed by atoms with van der Waals surface area (Å²) in [5, 5.41) is 29.5. The van der Waals surface area contributed by atoms with E-state index in [1.165, 1.54) is 60.7 Å². The lowest BCUT2D eigenvalue weighted by molar-refractivity contribution is -0.384. The lowest BCUT2D eigenvalue weighted by Crippen LogP contribution is -2.28. The van der Waals surface area contributed by atoms with Crippen molar-refractivity contribution in [3.8, 4) is 0 Å². The molecule has 14 heteroatoms. The number of non-ortho nitro benzene ring substituents is 1. The predicted octanol–water partition coefficient (Wildman–Crippen LogP) is 2.76. The van der Waals surface area contributed by atoms with E-state index < -0.39 is 26.9 Å². The predicted molar refractivity (Wildman–Crippen MR) is 128 cm³/mol. The molecule has 13 nitrogen and oxygen atoms in total. The number of benzene rings is 3. The van der Waals surface area contributed by atoms with Gasteiger partial charge in [0.25, 0.3) is 15.8 Å². The number of carboxylic acids is 1. The average Bonchev–Trinajstić information content (AvgIpc) is 3.18. The monoisotopic (exact) mass is 509 g/mol. The van der Waals surface area contributed by atoms with E-state index in [0.29, 0.717) is 5.56 Å². The number of hydrogen-bond acceptors (Lipinski definition) is 9. The number of nitro groups is 1. The molecule has 1 amide bonds. The minimum absolute atomic E-state index is 0.00821. The van der Waals surface area contributed by atoms with Crippen LogP contribution in [0.15, 0.2) is 87.9 Å². The van der Waals surface area contributed by atoms with Gasteiger partial charge in [-0.3, -0.25) is 24.9 Å².